The van der Waals surface area contributed by atoms with Gasteiger partial charge in [0.2, 0.25) is 0 Å². The van der Waals surface area contributed by atoms with Crippen molar-refractivity contribution >= 4 is 17.6 Å². The Kier molecular flexibility index (Phi) is 5.72. The Morgan fingerprint density at radius 2 is 1.64 bits per heavy atom. The SMILES string of the molecule is CC(=O)OCC(=O)Nc1ccccc1CCc1ccccc1. The van der Waals surface area contributed by atoms with Gasteiger partial charge in [0, 0.05) is 12.6 Å². The Balaban J connectivity index is 1.97. The minimum absolute atomic E-state index is 0.262. The maximum Gasteiger partial charge on any atom is 0.303 e. The molecule has 0 radical (unpaired) electrons. The van der Waals surface area contributed by atoms with Crippen molar-refractivity contribution in [1.82, 2.24) is 0 Å². The Hall–Kier alpha value is -2.62. The van der Waals surface area contributed by atoms with E-state index in [0.29, 0.717) is 0 Å². The van der Waals surface area contributed by atoms with E-state index in [1.165, 1.54) is 12.5 Å². The largest absolute Gasteiger partial charge is 0.456 e. The molecule has 0 atom stereocenters. The number of carbonyl (C=O) groups excluding carboxylic acids is 2. The lowest BCUT2D eigenvalue weighted by Crippen LogP contribution is -2.20. The molecule has 1 N–H and O–H groups in total. The van der Waals surface area contributed by atoms with Crippen LogP contribution in [-0.2, 0) is 27.2 Å². The van der Waals surface area contributed by atoms with Crippen LogP contribution in [0.4, 0.5) is 5.69 Å². The summed E-state index contributed by atoms with van der Waals surface area (Å²) in [7, 11) is 0. The molecule has 0 aliphatic heterocycles. The highest BCUT2D eigenvalue weighted by molar-refractivity contribution is 5.93. The number of carbonyl (C=O) groups is 2. The van der Waals surface area contributed by atoms with Crippen LogP contribution in [0.1, 0.15) is 18.1 Å². The van der Waals surface area contributed by atoms with Crippen molar-refractivity contribution in [3.05, 3.63) is 65.7 Å². The van der Waals surface area contributed by atoms with Crippen LogP contribution in [0.15, 0.2) is 54.6 Å². The molecule has 0 heterocycles. The van der Waals surface area contributed by atoms with Crippen LogP contribution >= 0.6 is 0 Å². The van der Waals surface area contributed by atoms with Crippen molar-refractivity contribution in [3.63, 3.8) is 0 Å². The zero-order valence-electron chi connectivity index (χ0n) is 12.5. The topological polar surface area (TPSA) is 55.4 Å². The van der Waals surface area contributed by atoms with Gasteiger partial charge in [-0.3, -0.25) is 9.59 Å². The van der Waals surface area contributed by atoms with Crippen molar-refractivity contribution in [2.75, 3.05) is 11.9 Å². The third-order valence-electron chi connectivity index (χ3n) is 3.22. The number of hydrogen-bond acceptors (Lipinski definition) is 3. The van der Waals surface area contributed by atoms with Crippen molar-refractivity contribution < 1.29 is 14.3 Å². The van der Waals surface area contributed by atoms with E-state index in [1.54, 1.807) is 0 Å². The number of para-hydroxylation sites is 1. The summed E-state index contributed by atoms with van der Waals surface area (Å²) in [4.78, 5) is 22.5. The van der Waals surface area contributed by atoms with Gasteiger partial charge >= 0.3 is 5.97 Å². The number of benzene rings is 2. The number of ether oxygens (including phenoxy) is 1. The van der Waals surface area contributed by atoms with E-state index in [-0.39, 0.29) is 12.5 Å². The lowest BCUT2D eigenvalue weighted by atomic mass is 10.0. The first kappa shape index (κ1) is 15.8. The minimum atomic E-state index is -0.465. The number of nitrogens with one attached hydrogen (secondary N) is 1. The van der Waals surface area contributed by atoms with E-state index in [0.717, 1.165) is 24.1 Å². The average molecular weight is 297 g/mol. The summed E-state index contributed by atoms with van der Waals surface area (Å²) in [5.74, 6) is -0.796. The zero-order chi connectivity index (χ0) is 15.8. The van der Waals surface area contributed by atoms with Crippen LogP contribution in [0, 0.1) is 0 Å². The Morgan fingerprint density at radius 3 is 2.36 bits per heavy atom. The number of esters is 1. The quantitative estimate of drug-likeness (QED) is 0.834. The second-order valence-corrected chi connectivity index (χ2v) is 4.97. The highest BCUT2D eigenvalue weighted by Crippen LogP contribution is 2.17. The van der Waals surface area contributed by atoms with Crippen molar-refractivity contribution in [2.24, 2.45) is 0 Å². The fourth-order valence-corrected chi connectivity index (χ4v) is 2.14. The molecule has 0 unspecified atom stereocenters. The number of aryl methyl sites for hydroxylation is 2. The van der Waals surface area contributed by atoms with Gasteiger partial charge in [0.15, 0.2) is 6.61 Å². The summed E-state index contributed by atoms with van der Waals surface area (Å²) in [5.41, 5.74) is 3.07. The number of amides is 1. The van der Waals surface area contributed by atoms with E-state index >= 15 is 0 Å². The summed E-state index contributed by atoms with van der Waals surface area (Å²) in [6.07, 6.45) is 1.73. The fourth-order valence-electron chi connectivity index (χ4n) is 2.14. The van der Waals surface area contributed by atoms with Crippen LogP contribution < -0.4 is 5.32 Å². The summed E-state index contributed by atoms with van der Waals surface area (Å²) in [6.45, 7) is 1.02. The van der Waals surface area contributed by atoms with Crippen molar-refractivity contribution in [1.29, 1.82) is 0 Å². The molecule has 0 bridgehead atoms. The molecule has 0 saturated heterocycles. The second-order valence-electron chi connectivity index (χ2n) is 4.97. The van der Waals surface area contributed by atoms with Crippen molar-refractivity contribution in [2.45, 2.75) is 19.8 Å². The molecule has 1 amide bonds. The van der Waals surface area contributed by atoms with E-state index in [4.69, 9.17) is 4.74 Å². The summed E-state index contributed by atoms with van der Waals surface area (Å²) < 4.78 is 4.69. The average Bonchev–Trinajstić information content (AvgIpc) is 2.53. The van der Waals surface area contributed by atoms with Gasteiger partial charge in [-0.2, -0.15) is 0 Å². The number of rotatable bonds is 6. The maximum atomic E-state index is 11.8. The van der Waals surface area contributed by atoms with Crippen molar-refractivity contribution in [3.8, 4) is 0 Å². The molecular formula is C18H19NO3. The molecule has 2 aromatic carbocycles. The minimum Gasteiger partial charge on any atom is -0.456 e. The number of anilines is 1. The highest BCUT2D eigenvalue weighted by Gasteiger charge is 2.08. The Morgan fingerprint density at radius 1 is 0.955 bits per heavy atom. The molecule has 0 aromatic heterocycles. The Labute approximate surface area is 130 Å². The summed E-state index contributed by atoms with van der Waals surface area (Å²) in [5, 5.41) is 2.79. The summed E-state index contributed by atoms with van der Waals surface area (Å²) in [6, 6.07) is 17.9. The fraction of sp³-hybridized carbons (Fsp3) is 0.222. The molecule has 22 heavy (non-hydrogen) atoms. The third kappa shape index (κ3) is 5.05. The van der Waals surface area contributed by atoms with Crippen LogP contribution in [-0.4, -0.2) is 18.5 Å². The predicted molar refractivity (Wildman–Crippen MR) is 85.6 cm³/mol. The highest BCUT2D eigenvalue weighted by atomic mass is 16.5. The molecular weight excluding hydrogens is 278 g/mol. The van der Waals surface area contributed by atoms with Crippen LogP contribution in [0.25, 0.3) is 0 Å². The van der Waals surface area contributed by atoms with Gasteiger partial charge < -0.3 is 10.1 Å². The van der Waals surface area contributed by atoms with Crippen LogP contribution in [0.5, 0.6) is 0 Å². The zero-order valence-corrected chi connectivity index (χ0v) is 12.5. The molecule has 0 aliphatic carbocycles. The molecule has 0 aliphatic rings. The Bertz CT molecular complexity index is 638. The molecule has 4 heteroatoms. The lowest BCUT2D eigenvalue weighted by molar-refractivity contribution is -0.144. The van der Waals surface area contributed by atoms with Crippen LogP contribution in [0.3, 0.4) is 0 Å². The molecule has 2 aromatic rings. The first-order chi connectivity index (χ1) is 10.6. The maximum absolute atomic E-state index is 11.8. The predicted octanol–water partition coefficient (Wildman–Crippen LogP) is 2.97. The van der Waals surface area contributed by atoms with E-state index < -0.39 is 5.97 Å². The van der Waals surface area contributed by atoms with Gasteiger partial charge in [-0.1, -0.05) is 48.5 Å². The smallest absolute Gasteiger partial charge is 0.303 e. The molecule has 4 nitrogen and oxygen atoms in total. The standard InChI is InChI=1S/C18H19NO3/c1-14(20)22-13-18(21)19-17-10-6-5-9-16(17)12-11-15-7-3-2-4-8-15/h2-10H,11-13H2,1H3,(H,19,21). The lowest BCUT2D eigenvalue weighted by Gasteiger charge is -2.11. The first-order valence-corrected chi connectivity index (χ1v) is 7.20. The van der Waals surface area contributed by atoms with Gasteiger partial charge in [0.1, 0.15) is 0 Å². The second kappa shape index (κ2) is 7.98. The molecule has 0 saturated carbocycles. The van der Waals surface area contributed by atoms with E-state index in [1.807, 2.05) is 42.5 Å². The third-order valence-corrected chi connectivity index (χ3v) is 3.22. The molecule has 2 rings (SSSR count). The summed E-state index contributed by atoms with van der Waals surface area (Å²) >= 11 is 0. The van der Waals surface area contributed by atoms with Gasteiger partial charge in [-0.05, 0) is 30.0 Å². The van der Waals surface area contributed by atoms with Gasteiger partial charge in [0.05, 0.1) is 0 Å². The van der Waals surface area contributed by atoms with E-state index in [2.05, 4.69) is 17.4 Å². The van der Waals surface area contributed by atoms with E-state index in [9.17, 15) is 9.59 Å². The monoisotopic (exact) mass is 297 g/mol. The van der Waals surface area contributed by atoms with Gasteiger partial charge in [-0.25, -0.2) is 0 Å². The first-order valence-electron chi connectivity index (χ1n) is 7.20. The number of hydrogen-bond donors (Lipinski definition) is 1. The van der Waals surface area contributed by atoms with Gasteiger partial charge in [-0.15, -0.1) is 0 Å². The molecule has 0 spiro atoms. The van der Waals surface area contributed by atoms with Gasteiger partial charge in [0.25, 0.3) is 5.91 Å². The normalized spacial score (nSPS) is 10.0. The molecule has 114 valence electrons. The van der Waals surface area contributed by atoms with Crippen LogP contribution in [0.2, 0.25) is 0 Å². The molecule has 0 fully saturated rings.